The first-order valence-corrected chi connectivity index (χ1v) is 5.58. The first-order chi connectivity index (χ1) is 6.24. The zero-order valence-corrected chi connectivity index (χ0v) is 8.00. The summed E-state index contributed by atoms with van der Waals surface area (Å²) in [4.78, 5) is 0. The zero-order valence-electron chi connectivity index (χ0n) is 8.00. The molecule has 0 radical (unpaired) electrons. The van der Waals surface area contributed by atoms with Gasteiger partial charge in [-0.1, -0.05) is 0 Å². The van der Waals surface area contributed by atoms with Crippen LogP contribution in [0.2, 0.25) is 0 Å². The molecule has 3 N–H and O–H groups in total. The van der Waals surface area contributed by atoms with Crippen LogP contribution in [0.3, 0.4) is 0 Å². The average Bonchev–Trinajstić information content (AvgIpc) is 2.00. The van der Waals surface area contributed by atoms with E-state index in [1.165, 1.54) is 32.1 Å². The van der Waals surface area contributed by atoms with Gasteiger partial charge in [0.1, 0.15) is 0 Å². The van der Waals surface area contributed by atoms with Gasteiger partial charge >= 0.3 is 0 Å². The first-order valence-electron chi connectivity index (χ1n) is 5.58. The maximum atomic E-state index is 7.65. The van der Waals surface area contributed by atoms with Gasteiger partial charge in [-0.05, 0) is 55.8 Å². The predicted octanol–water partition coefficient (Wildman–Crippen LogP) is 1.99. The Morgan fingerprint density at radius 1 is 0.923 bits per heavy atom. The molecule has 4 rings (SSSR count). The number of amidine groups is 1. The number of hydrogen-bond acceptors (Lipinski definition) is 1. The highest BCUT2D eigenvalue weighted by Crippen LogP contribution is 2.56. The van der Waals surface area contributed by atoms with Gasteiger partial charge in [-0.25, -0.2) is 0 Å². The fraction of sp³-hybridized carbons (Fsp3) is 0.909. The molecule has 4 saturated carbocycles. The molecule has 4 fully saturated rings. The summed E-state index contributed by atoms with van der Waals surface area (Å²) in [5, 5.41) is 7.65. The fourth-order valence-corrected chi connectivity index (χ4v) is 4.43. The minimum atomic E-state index is 0.466. The average molecular weight is 178 g/mol. The molecule has 4 bridgehead atoms. The van der Waals surface area contributed by atoms with E-state index in [0.29, 0.717) is 11.8 Å². The van der Waals surface area contributed by atoms with Crippen LogP contribution in [-0.4, -0.2) is 5.84 Å². The van der Waals surface area contributed by atoms with Crippen LogP contribution >= 0.6 is 0 Å². The van der Waals surface area contributed by atoms with Crippen LogP contribution in [0.15, 0.2) is 0 Å². The van der Waals surface area contributed by atoms with Gasteiger partial charge in [-0.2, -0.15) is 0 Å². The number of nitrogens with one attached hydrogen (secondary N) is 1. The van der Waals surface area contributed by atoms with E-state index >= 15 is 0 Å². The van der Waals surface area contributed by atoms with E-state index in [4.69, 9.17) is 11.1 Å². The number of hydrogen-bond donors (Lipinski definition) is 2. The van der Waals surface area contributed by atoms with Crippen LogP contribution in [0, 0.1) is 35.0 Å². The quantitative estimate of drug-likeness (QED) is 0.468. The van der Waals surface area contributed by atoms with Crippen molar-refractivity contribution in [2.24, 2.45) is 35.3 Å². The van der Waals surface area contributed by atoms with E-state index in [1.807, 2.05) is 0 Å². The van der Waals surface area contributed by atoms with Gasteiger partial charge in [-0.15, -0.1) is 0 Å². The zero-order chi connectivity index (χ0) is 9.00. The van der Waals surface area contributed by atoms with Crippen LogP contribution in [0.1, 0.15) is 32.1 Å². The second-order valence-electron chi connectivity index (χ2n) is 5.41. The van der Waals surface area contributed by atoms with Crippen molar-refractivity contribution in [2.75, 3.05) is 0 Å². The van der Waals surface area contributed by atoms with Gasteiger partial charge in [-0.3, -0.25) is 5.41 Å². The summed E-state index contributed by atoms with van der Waals surface area (Å²) in [6, 6.07) is 0. The van der Waals surface area contributed by atoms with Crippen molar-refractivity contribution in [2.45, 2.75) is 32.1 Å². The molecule has 4 aliphatic carbocycles. The predicted molar refractivity (Wildman–Crippen MR) is 52.4 cm³/mol. The third-order valence-corrected chi connectivity index (χ3v) is 4.59. The smallest absolute Gasteiger partial charge is 0.0942 e. The molecule has 0 atom stereocenters. The van der Waals surface area contributed by atoms with E-state index in [-0.39, 0.29) is 0 Å². The van der Waals surface area contributed by atoms with Crippen molar-refractivity contribution in [3.63, 3.8) is 0 Å². The summed E-state index contributed by atoms with van der Waals surface area (Å²) < 4.78 is 0. The molecular formula is C11H18N2. The van der Waals surface area contributed by atoms with Crippen molar-refractivity contribution >= 4 is 5.84 Å². The molecule has 0 unspecified atom stereocenters. The second-order valence-corrected chi connectivity index (χ2v) is 5.41. The van der Waals surface area contributed by atoms with Crippen LogP contribution in [0.4, 0.5) is 0 Å². The van der Waals surface area contributed by atoms with Gasteiger partial charge in [0.25, 0.3) is 0 Å². The van der Waals surface area contributed by atoms with Crippen molar-refractivity contribution in [3.05, 3.63) is 0 Å². The molecule has 4 aliphatic rings. The Bertz CT molecular complexity index is 218. The SMILES string of the molecule is N=C(N)C1C2CC3CC(C2)CC1C3. The van der Waals surface area contributed by atoms with Gasteiger partial charge in [0.05, 0.1) is 5.84 Å². The molecular weight excluding hydrogens is 160 g/mol. The number of rotatable bonds is 1. The molecule has 0 aromatic rings. The minimum absolute atomic E-state index is 0.466. The maximum absolute atomic E-state index is 7.65. The van der Waals surface area contributed by atoms with Crippen molar-refractivity contribution < 1.29 is 0 Å². The van der Waals surface area contributed by atoms with E-state index in [0.717, 1.165) is 23.7 Å². The molecule has 72 valence electrons. The summed E-state index contributed by atoms with van der Waals surface area (Å²) in [6.45, 7) is 0. The Labute approximate surface area is 79.4 Å². The molecule has 13 heavy (non-hydrogen) atoms. The summed E-state index contributed by atoms with van der Waals surface area (Å²) in [5.41, 5.74) is 5.70. The topological polar surface area (TPSA) is 49.9 Å². The lowest BCUT2D eigenvalue weighted by molar-refractivity contribution is -0.00891. The van der Waals surface area contributed by atoms with E-state index < -0.39 is 0 Å². The first kappa shape index (κ1) is 7.84. The summed E-state index contributed by atoms with van der Waals surface area (Å²) in [7, 11) is 0. The van der Waals surface area contributed by atoms with E-state index in [9.17, 15) is 0 Å². The monoisotopic (exact) mass is 178 g/mol. The highest BCUT2D eigenvalue weighted by Gasteiger charge is 2.49. The van der Waals surface area contributed by atoms with Crippen molar-refractivity contribution in [1.29, 1.82) is 5.41 Å². The summed E-state index contributed by atoms with van der Waals surface area (Å²) in [5.74, 6) is 4.51. The molecule has 0 saturated heterocycles. The van der Waals surface area contributed by atoms with Crippen molar-refractivity contribution in [1.82, 2.24) is 0 Å². The van der Waals surface area contributed by atoms with Crippen molar-refractivity contribution in [3.8, 4) is 0 Å². The molecule has 2 nitrogen and oxygen atoms in total. The Balaban J connectivity index is 1.89. The Morgan fingerprint density at radius 2 is 1.38 bits per heavy atom. The molecule has 0 aliphatic heterocycles. The van der Waals surface area contributed by atoms with Crippen LogP contribution in [0.25, 0.3) is 0 Å². The van der Waals surface area contributed by atoms with Gasteiger partial charge in [0.2, 0.25) is 0 Å². The van der Waals surface area contributed by atoms with Crippen LogP contribution in [-0.2, 0) is 0 Å². The van der Waals surface area contributed by atoms with E-state index in [2.05, 4.69) is 0 Å². The fourth-order valence-electron chi connectivity index (χ4n) is 4.43. The second kappa shape index (κ2) is 2.49. The minimum Gasteiger partial charge on any atom is -0.387 e. The van der Waals surface area contributed by atoms with Crippen LogP contribution in [0.5, 0.6) is 0 Å². The largest absolute Gasteiger partial charge is 0.387 e. The third-order valence-electron chi connectivity index (χ3n) is 4.59. The lowest BCUT2D eigenvalue weighted by Gasteiger charge is -2.54. The van der Waals surface area contributed by atoms with Crippen LogP contribution < -0.4 is 5.73 Å². The molecule has 0 aromatic carbocycles. The standard InChI is InChI=1S/C11H18N2/c12-11(13)10-8-2-6-1-7(4-8)5-9(10)3-6/h6-10H,1-5H2,(H3,12,13). The Morgan fingerprint density at radius 3 is 1.77 bits per heavy atom. The highest BCUT2D eigenvalue weighted by molar-refractivity contribution is 5.80. The molecule has 0 heterocycles. The molecule has 0 aromatic heterocycles. The Hall–Kier alpha value is -0.530. The normalized spacial score (nSPS) is 52.5. The highest BCUT2D eigenvalue weighted by atomic mass is 14.7. The third kappa shape index (κ3) is 1.04. The molecule has 2 heteroatoms. The maximum Gasteiger partial charge on any atom is 0.0942 e. The number of nitrogens with two attached hydrogens (primary N) is 1. The van der Waals surface area contributed by atoms with Gasteiger partial charge < -0.3 is 5.73 Å². The summed E-state index contributed by atoms with van der Waals surface area (Å²) >= 11 is 0. The van der Waals surface area contributed by atoms with E-state index in [1.54, 1.807) is 0 Å². The lowest BCUT2D eigenvalue weighted by atomic mass is 9.51. The van der Waals surface area contributed by atoms with Gasteiger partial charge in [0.15, 0.2) is 0 Å². The molecule has 0 amide bonds. The summed E-state index contributed by atoms with van der Waals surface area (Å²) in [6.07, 6.45) is 6.97. The van der Waals surface area contributed by atoms with Gasteiger partial charge in [0, 0.05) is 5.92 Å². The molecule has 0 spiro atoms. The Kier molecular flexibility index (Phi) is 1.50. The lowest BCUT2D eigenvalue weighted by Crippen LogP contribution is -2.49.